The summed E-state index contributed by atoms with van der Waals surface area (Å²) in [6.07, 6.45) is 22.4. The van der Waals surface area contributed by atoms with Crippen LogP contribution >= 0.6 is 0 Å². The van der Waals surface area contributed by atoms with Gasteiger partial charge in [-0.2, -0.15) is 6.42 Å². The SMILES string of the molecule is CC(O)C(=O)O.CC(O)[C-]=O.CCCCCCCCCCCCCCCCC[C-]=O.[Ca+2]. The van der Waals surface area contributed by atoms with Gasteiger partial charge < -0.3 is 24.9 Å². The van der Waals surface area contributed by atoms with E-state index in [1.165, 1.54) is 110 Å². The van der Waals surface area contributed by atoms with Crippen LogP contribution in [0.2, 0.25) is 0 Å². The molecule has 0 saturated heterocycles. The van der Waals surface area contributed by atoms with Crippen LogP contribution in [0, 0.1) is 0 Å². The van der Waals surface area contributed by atoms with Gasteiger partial charge in [0.2, 0.25) is 0 Å². The molecular weight excluding hydrogens is 424 g/mol. The Morgan fingerprint density at radius 1 is 0.710 bits per heavy atom. The minimum absolute atomic E-state index is 0. The summed E-state index contributed by atoms with van der Waals surface area (Å²) < 4.78 is 0. The molecule has 0 aliphatic rings. The summed E-state index contributed by atoms with van der Waals surface area (Å²) in [6, 6.07) is 0. The zero-order valence-electron chi connectivity index (χ0n) is 20.2. The Balaban J connectivity index is -0.000000250. The van der Waals surface area contributed by atoms with Crippen LogP contribution in [-0.2, 0) is 14.4 Å². The van der Waals surface area contributed by atoms with Gasteiger partial charge in [-0.1, -0.05) is 110 Å². The first-order valence-electron chi connectivity index (χ1n) is 11.6. The van der Waals surface area contributed by atoms with Crippen molar-refractivity contribution in [3.63, 3.8) is 0 Å². The number of aliphatic hydroxyl groups is 2. The van der Waals surface area contributed by atoms with Crippen molar-refractivity contribution in [1.29, 1.82) is 0 Å². The fourth-order valence-corrected chi connectivity index (χ4v) is 2.57. The first kappa shape index (κ1) is 38.3. The summed E-state index contributed by atoms with van der Waals surface area (Å²) in [7, 11) is 0. The fraction of sp³-hybridized carbons (Fsp3) is 0.875. The molecule has 2 unspecified atom stereocenters. The number of rotatable bonds is 18. The maximum absolute atomic E-state index is 10.0. The number of unbranched alkanes of at least 4 members (excludes halogenated alkanes) is 15. The van der Waals surface area contributed by atoms with Gasteiger partial charge in [-0.25, -0.2) is 11.1 Å². The van der Waals surface area contributed by atoms with Gasteiger partial charge in [-0.3, -0.25) is 6.29 Å². The molecule has 0 heterocycles. The number of aliphatic carboxylic acids is 1. The number of carboxylic acids is 1. The molecule has 0 aromatic carbocycles. The van der Waals surface area contributed by atoms with Crippen LogP contribution in [0.25, 0.3) is 0 Å². The summed E-state index contributed by atoms with van der Waals surface area (Å²) in [5.41, 5.74) is 0. The number of carboxylic acid groups (broad SMARTS) is 1. The molecular formula is C24H46CaO6. The number of carbonyl (C=O) groups excluding carboxylic acids is 2. The third-order valence-electron chi connectivity index (χ3n) is 4.41. The molecule has 0 amide bonds. The zero-order chi connectivity index (χ0) is 23.5. The third kappa shape index (κ3) is 48.6. The van der Waals surface area contributed by atoms with Crippen molar-refractivity contribution in [2.75, 3.05) is 0 Å². The van der Waals surface area contributed by atoms with E-state index in [1.807, 2.05) is 6.29 Å². The third-order valence-corrected chi connectivity index (χ3v) is 4.41. The van der Waals surface area contributed by atoms with E-state index in [1.54, 1.807) is 0 Å². The monoisotopic (exact) mass is 470 g/mol. The van der Waals surface area contributed by atoms with Crippen LogP contribution < -0.4 is 0 Å². The van der Waals surface area contributed by atoms with Crippen LogP contribution in [0.3, 0.4) is 0 Å². The second-order valence-electron chi connectivity index (χ2n) is 7.65. The van der Waals surface area contributed by atoms with Crippen LogP contribution in [-0.4, -0.2) is 83.8 Å². The van der Waals surface area contributed by atoms with Crippen molar-refractivity contribution < 1.29 is 29.7 Å². The van der Waals surface area contributed by atoms with Gasteiger partial charge in [0, 0.05) is 0 Å². The largest absolute Gasteiger partial charge is 2.00 e. The molecule has 0 aromatic rings. The molecule has 0 aromatic heterocycles. The Hall–Kier alpha value is -0.0103. The molecule has 31 heavy (non-hydrogen) atoms. The van der Waals surface area contributed by atoms with E-state index >= 15 is 0 Å². The van der Waals surface area contributed by atoms with Gasteiger partial charge >= 0.3 is 43.7 Å². The molecule has 180 valence electrons. The van der Waals surface area contributed by atoms with E-state index < -0.39 is 18.2 Å². The van der Waals surface area contributed by atoms with Gasteiger partial charge in [-0.15, -0.1) is 0 Å². The zero-order valence-corrected chi connectivity index (χ0v) is 22.5. The molecule has 0 spiro atoms. The van der Waals surface area contributed by atoms with Crippen LogP contribution in [0.15, 0.2) is 0 Å². The number of hydrogen-bond acceptors (Lipinski definition) is 5. The van der Waals surface area contributed by atoms with E-state index in [-0.39, 0.29) is 37.7 Å². The van der Waals surface area contributed by atoms with Crippen molar-refractivity contribution in [2.45, 2.75) is 136 Å². The first-order valence-corrected chi connectivity index (χ1v) is 11.6. The van der Waals surface area contributed by atoms with E-state index in [9.17, 15) is 9.59 Å². The first-order chi connectivity index (χ1) is 14.3. The molecule has 0 saturated carbocycles. The molecule has 6 nitrogen and oxygen atoms in total. The molecule has 3 N–H and O–H groups in total. The normalized spacial score (nSPS) is 11.5. The Morgan fingerprint density at radius 2 is 0.968 bits per heavy atom. The minimum Gasteiger partial charge on any atom is -0.542 e. The Kier molecular flexibility index (Phi) is 42.7. The maximum atomic E-state index is 10.0. The summed E-state index contributed by atoms with van der Waals surface area (Å²) in [5, 5.41) is 23.7. The maximum Gasteiger partial charge on any atom is 2.00 e. The second-order valence-corrected chi connectivity index (χ2v) is 7.65. The van der Waals surface area contributed by atoms with Crippen LogP contribution in [0.4, 0.5) is 0 Å². The van der Waals surface area contributed by atoms with E-state index in [4.69, 9.17) is 20.1 Å². The topological polar surface area (TPSA) is 112 Å². The fourth-order valence-electron chi connectivity index (χ4n) is 2.57. The quantitative estimate of drug-likeness (QED) is 0.149. The van der Waals surface area contributed by atoms with Gasteiger partial charge in [0.1, 0.15) is 6.10 Å². The Morgan fingerprint density at radius 3 is 1.16 bits per heavy atom. The number of carbonyl (C=O) groups is 1. The smallest absolute Gasteiger partial charge is 0.542 e. The van der Waals surface area contributed by atoms with Crippen LogP contribution in [0.1, 0.15) is 124 Å². The summed E-state index contributed by atoms with van der Waals surface area (Å²) in [6.45, 7) is 4.83. The summed E-state index contributed by atoms with van der Waals surface area (Å²) in [5.74, 6) is -1.19. The van der Waals surface area contributed by atoms with Gasteiger partial charge in [0.25, 0.3) is 0 Å². The van der Waals surface area contributed by atoms with E-state index in [0.29, 0.717) is 6.42 Å². The van der Waals surface area contributed by atoms with Gasteiger partial charge in [-0.05, 0) is 13.0 Å². The predicted octanol–water partition coefficient (Wildman–Crippen LogP) is 4.91. The van der Waals surface area contributed by atoms with Crippen molar-refractivity contribution in [3.05, 3.63) is 0 Å². The van der Waals surface area contributed by atoms with E-state index in [2.05, 4.69) is 6.92 Å². The van der Waals surface area contributed by atoms with Crippen molar-refractivity contribution in [1.82, 2.24) is 0 Å². The van der Waals surface area contributed by atoms with Crippen molar-refractivity contribution in [3.8, 4) is 0 Å². The summed E-state index contributed by atoms with van der Waals surface area (Å²) in [4.78, 5) is 28.6. The molecule has 0 fully saturated rings. The van der Waals surface area contributed by atoms with Crippen molar-refractivity contribution in [2.24, 2.45) is 0 Å². The summed E-state index contributed by atoms with van der Waals surface area (Å²) >= 11 is 0. The molecule has 0 bridgehead atoms. The van der Waals surface area contributed by atoms with E-state index in [0.717, 1.165) is 6.42 Å². The average molecular weight is 471 g/mol. The molecule has 0 radical (unpaired) electrons. The Bertz CT molecular complexity index is 362. The van der Waals surface area contributed by atoms with Gasteiger partial charge in [0.15, 0.2) is 0 Å². The average Bonchev–Trinajstić information content (AvgIpc) is 2.71. The number of hydrogen-bond donors (Lipinski definition) is 3. The minimum atomic E-state index is -1.23. The van der Waals surface area contributed by atoms with Crippen LogP contribution in [0.5, 0.6) is 0 Å². The van der Waals surface area contributed by atoms with Crippen molar-refractivity contribution >= 4 is 56.3 Å². The molecule has 0 aliphatic carbocycles. The standard InChI is InChI=1S/C18H35O.C3H6O3.C3H5O2.Ca/c1-2-3-4-5-6-7-8-9-10-11-12-13-14-15-16-17-18-19;1-2(4)3(5)6;1-3(5)2-4;/h2-17H2,1H3;2,4H,1H3,(H,5,6);3,5H,1H3;/q-1;;-1;+2. The molecule has 7 heteroatoms. The predicted molar refractivity (Wildman–Crippen MR) is 128 cm³/mol. The molecule has 0 rings (SSSR count). The molecule has 0 aliphatic heterocycles. The second kappa shape index (κ2) is 34.6. The van der Waals surface area contributed by atoms with Gasteiger partial charge in [0.05, 0.1) is 0 Å². The Labute approximate surface area is 220 Å². The number of aliphatic hydroxyl groups excluding tert-OH is 2. The molecule has 2 atom stereocenters.